The number of rotatable bonds is 5. The molecule has 2 aliphatic heterocycles. The van der Waals surface area contributed by atoms with Crippen LogP contribution in [0.5, 0.6) is 5.75 Å². The van der Waals surface area contributed by atoms with E-state index in [1.165, 1.54) is 13.2 Å². The first-order chi connectivity index (χ1) is 15.5. The van der Waals surface area contributed by atoms with Crippen molar-refractivity contribution in [3.8, 4) is 5.75 Å². The molecule has 174 valence electrons. The molecule has 3 heterocycles. The van der Waals surface area contributed by atoms with E-state index in [1.54, 1.807) is 38.9 Å². The molecular formula is C22H30N4O4S2. The smallest absolute Gasteiger partial charge is 0.257 e. The van der Waals surface area contributed by atoms with E-state index in [-0.39, 0.29) is 10.8 Å². The summed E-state index contributed by atoms with van der Waals surface area (Å²) in [6, 6.07) is 4.63. The fourth-order valence-electron chi connectivity index (χ4n) is 4.30. The average Bonchev–Trinajstić information content (AvgIpc) is 3.05. The highest BCUT2D eigenvalue weighted by Crippen LogP contribution is 2.28. The number of nitrogens with zero attached hydrogens (tertiary/aromatic N) is 4. The lowest BCUT2D eigenvalue weighted by Crippen LogP contribution is -2.36. The van der Waals surface area contributed by atoms with E-state index >= 15 is 0 Å². The van der Waals surface area contributed by atoms with Gasteiger partial charge < -0.3 is 14.5 Å². The van der Waals surface area contributed by atoms with Crippen molar-refractivity contribution in [2.45, 2.75) is 37.0 Å². The molecule has 0 aliphatic carbocycles. The lowest BCUT2D eigenvalue weighted by Gasteiger charge is -2.24. The number of ether oxygens (including phenoxy) is 1. The zero-order valence-corrected chi connectivity index (χ0v) is 20.0. The lowest BCUT2D eigenvalue weighted by atomic mass is 10.1. The first-order valence-electron chi connectivity index (χ1n) is 11.1. The van der Waals surface area contributed by atoms with Gasteiger partial charge in [-0.3, -0.25) is 4.79 Å². The van der Waals surface area contributed by atoms with E-state index in [2.05, 4.69) is 9.88 Å². The van der Waals surface area contributed by atoms with Gasteiger partial charge in [0.1, 0.15) is 5.75 Å². The first-order valence-corrected chi connectivity index (χ1v) is 13.4. The molecule has 10 heteroatoms. The maximum atomic E-state index is 13.4. The van der Waals surface area contributed by atoms with Gasteiger partial charge >= 0.3 is 0 Å². The molecule has 8 nitrogen and oxygen atoms in total. The second-order valence-corrected chi connectivity index (χ2v) is 10.9. The number of carbonyl (C=O) groups excluding carboxylic acids is 1. The Morgan fingerprint density at radius 3 is 2.47 bits per heavy atom. The molecule has 0 saturated carbocycles. The number of hydrogen-bond acceptors (Lipinski definition) is 7. The van der Waals surface area contributed by atoms with Crippen molar-refractivity contribution >= 4 is 32.4 Å². The quantitative estimate of drug-likeness (QED) is 0.657. The zero-order chi connectivity index (χ0) is 22.6. The number of benzene rings is 1. The third-order valence-electron chi connectivity index (χ3n) is 6.08. The summed E-state index contributed by atoms with van der Waals surface area (Å²) in [5, 5.41) is 2.91. The summed E-state index contributed by atoms with van der Waals surface area (Å²) in [6.07, 6.45) is 6.43. The van der Waals surface area contributed by atoms with Crippen molar-refractivity contribution in [2.75, 3.05) is 51.3 Å². The Morgan fingerprint density at radius 2 is 1.78 bits per heavy atom. The maximum absolute atomic E-state index is 13.4. The van der Waals surface area contributed by atoms with Crippen LogP contribution in [0.4, 0.5) is 5.13 Å². The second kappa shape index (κ2) is 10.2. The van der Waals surface area contributed by atoms with Gasteiger partial charge in [-0.2, -0.15) is 4.31 Å². The van der Waals surface area contributed by atoms with Crippen molar-refractivity contribution in [1.29, 1.82) is 0 Å². The molecule has 0 N–H and O–H groups in total. The van der Waals surface area contributed by atoms with Gasteiger partial charge in [0, 0.05) is 50.8 Å². The summed E-state index contributed by atoms with van der Waals surface area (Å²) in [5.74, 6) is 0.196. The summed E-state index contributed by atoms with van der Waals surface area (Å²) in [6.45, 7) is 3.72. The van der Waals surface area contributed by atoms with Gasteiger partial charge in [-0.05, 0) is 37.5 Å². The van der Waals surface area contributed by atoms with Crippen LogP contribution in [0.25, 0.3) is 0 Å². The van der Waals surface area contributed by atoms with Gasteiger partial charge in [0.15, 0.2) is 5.13 Å². The predicted molar refractivity (Wildman–Crippen MR) is 125 cm³/mol. The Morgan fingerprint density at radius 1 is 1.00 bits per heavy atom. The minimum absolute atomic E-state index is 0.155. The largest absolute Gasteiger partial charge is 0.496 e. The molecule has 0 unspecified atom stereocenters. The standard InChI is InChI=1S/C22H30N4O4S2/c1-30-20-8-7-18(32(28,29)26-12-4-2-3-5-13-26)17-19(20)21(27)24-10-6-11-25(15-14-24)22-23-9-16-31-22/h7-9,16-17H,2-6,10-15H2,1H3. The fourth-order valence-corrected chi connectivity index (χ4v) is 6.54. The van der Waals surface area contributed by atoms with Crippen LogP contribution in [0.2, 0.25) is 0 Å². The molecule has 0 spiro atoms. The zero-order valence-electron chi connectivity index (χ0n) is 18.4. The van der Waals surface area contributed by atoms with E-state index in [0.29, 0.717) is 44.0 Å². The van der Waals surface area contributed by atoms with Gasteiger partial charge in [-0.15, -0.1) is 11.3 Å². The molecular weight excluding hydrogens is 448 g/mol. The van der Waals surface area contributed by atoms with Crippen molar-refractivity contribution in [1.82, 2.24) is 14.2 Å². The van der Waals surface area contributed by atoms with E-state index in [9.17, 15) is 13.2 Å². The lowest BCUT2D eigenvalue weighted by molar-refractivity contribution is 0.0763. The number of methoxy groups -OCH3 is 1. The highest BCUT2D eigenvalue weighted by Gasteiger charge is 2.29. The van der Waals surface area contributed by atoms with Crippen molar-refractivity contribution < 1.29 is 17.9 Å². The summed E-state index contributed by atoms with van der Waals surface area (Å²) < 4.78 is 33.5. The van der Waals surface area contributed by atoms with Crippen LogP contribution < -0.4 is 9.64 Å². The Bertz CT molecular complexity index is 1020. The molecule has 0 radical (unpaired) electrons. The van der Waals surface area contributed by atoms with E-state index < -0.39 is 10.0 Å². The molecule has 2 saturated heterocycles. The Hall–Kier alpha value is -2.17. The SMILES string of the molecule is COc1ccc(S(=O)(=O)N2CCCCCC2)cc1C(=O)N1CCCN(c2nccs2)CC1. The number of sulfonamides is 1. The molecule has 1 aromatic carbocycles. The molecule has 2 aliphatic rings. The van der Waals surface area contributed by atoms with Crippen LogP contribution >= 0.6 is 11.3 Å². The Kier molecular flexibility index (Phi) is 7.32. The number of thiazole rings is 1. The highest BCUT2D eigenvalue weighted by molar-refractivity contribution is 7.89. The molecule has 2 aromatic rings. The van der Waals surface area contributed by atoms with Gasteiger partial charge in [0.05, 0.1) is 17.6 Å². The summed E-state index contributed by atoms with van der Waals surface area (Å²) in [4.78, 5) is 21.9. The normalized spacial score (nSPS) is 18.8. The molecule has 2 fully saturated rings. The summed E-state index contributed by atoms with van der Waals surface area (Å²) in [5.41, 5.74) is 0.297. The maximum Gasteiger partial charge on any atom is 0.257 e. The number of hydrogen-bond donors (Lipinski definition) is 0. The Balaban J connectivity index is 1.56. The van der Waals surface area contributed by atoms with Gasteiger partial charge in [-0.25, -0.2) is 13.4 Å². The number of anilines is 1. The van der Waals surface area contributed by atoms with Crippen LogP contribution in [0, 0.1) is 0 Å². The number of carbonyl (C=O) groups is 1. The third kappa shape index (κ3) is 4.92. The van der Waals surface area contributed by atoms with Crippen LogP contribution in [-0.2, 0) is 10.0 Å². The Labute approximate surface area is 193 Å². The van der Waals surface area contributed by atoms with E-state index in [4.69, 9.17) is 4.74 Å². The number of aromatic nitrogens is 1. The molecule has 1 amide bonds. The number of amides is 1. The fraction of sp³-hybridized carbons (Fsp3) is 0.545. The van der Waals surface area contributed by atoms with Gasteiger partial charge in [0.25, 0.3) is 5.91 Å². The van der Waals surface area contributed by atoms with Crippen LogP contribution in [0.1, 0.15) is 42.5 Å². The first kappa shape index (κ1) is 23.0. The van der Waals surface area contributed by atoms with E-state index in [1.807, 2.05) is 5.38 Å². The molecule has 0 atom stereocenters. The minimum Gasteiger partial charge on any atom is -0.496 e. The van der Waals surface area contributed by atoms with E-state index in [0.717, 1.165) is 43.8 Å². The monoisotopic (exact) mass is 478 g/mol. The third-order valence-corrected chi connectivity index (χ3v) is 8.80. The molecule has 0 bridgehead atoms. The summed E-state index contributed by atoms with van der Waals surface area (Å²) in [7, 11) is -2.15. The predicted octanol–water partition coefficient (Wildman–Crippen LogP) is 3.07. The van der Waals surface area contributed by atoms with Crippen molar-refractivity contribution in [3.05, 3.63) is 35.3 Å². The second-order valence-electron chi connectivity index (χ2n) is 8.13. The minimum atomic E-state index is -3.65. The van der Waals surface area contributed by atoms with Gasteiger partial charge in [-0.1, -0.05) is 12.8 Å². The van der Waals surface area contributed by atoms with Crippen LogP contribution in [0.3, 0.4) is 0 Å². The topological polar surface area (TPSA) is 83.0 Å². The highest BCUT2D eigenvalue weighted by atomic mass is 32.2. The van der Waals surface area contributed by atoms with Crippen LogP contribution in [0.15, 0.2) is 34.7 Å². The molecule has 32 heavy (non-hydrogen) atoms. The molecule has 4 rings (SSSR count). The van der Waals surface area contributed by atoms with Crippen molar-refractivity contribution in [2.24, 2.45) is 0 Å². The molecule has 1 aromatic heterocycles. The van der Waals surface area contributed by atoms with Crippen LogP contribution in [-0.4, -0.2) is 74.9 Å². The summed E-state index contributed by atoms with van der Waals surface area (Å²) >= 11 is 1.59. The average molecular weight is 479 g/mol. The van der Waals surface area contributed by atoms with Gasteiger partial charge in [0.2, 0.25) is 10.0 Å². The van der Waals surface area contributed by atoms with Crippen molar-refractivity contribution in [3.63, 3.8) is 0 Å².